The van der Waals surface area contributed by atoms with E-state index < -0.39 is 0 Å². The highest BCUT2D eigenvalue weighted by Crippen LogP contribution is 2.19. The molecule has 3 aromatic rings. The molecule has 1 atom stereocenters. The third-order valence-electron chi connectivity index (χ3n) is 4.42. The van der Waals surface area contributed by atoms with Crippen LogP contribution in [0.15, 0.2) is 53.7 Å². The van der Waals surface area contributed by atoms with Gasteiger partial charge in [-0.1, -0.05) is 12.1 Å². The van der Waals surface area contributed by atoms with Crippen LogP contribution in [0.5, 0.6) is 11.5 Å². The monoisotopic (exact) mass is 523 g/mol. The molecule has 0 aliphatic carbocycles. The van der Waals surface area contributed by atoms with Crippen molar-refractivity contribution in [2.75, 3.05) is 20.2 Å². The first kappa shape index (κ1) is 23.8. The van der Waals surface area contributed by atoms with E-state index in [0.717, 1.165) is 41.0 Å². The molecule has 0 amide bonds. The Balaban J connectivity index is 0.00000320. The second kappa shape index (κ2) is 11.6. The molecule has 0 spiro atoms. The van der Waals surface area contributed by atoms with Gasteiger partial charge >= 0.3 is 0 Å². The Morgan fingerprint density at radius 3 is 2.67 bits per heavy atom. The Kier molecular flexibility index (Phi) is 9.22. The minimum absolute atomic E-state index is 0. The number of ether oxygens (including phenoxy) is 2. The molecule has 0 fully saturated rings. The number of hydrogen-bond acceptors (Lipinski definition) is 4. The normalized spacial score (nSPS) is 12.2. The molecule has 2 N–H and O–H groups in total. The molecule has 0 aliphatic rings. The zero-order chi connectivity index (χ0) is 20.6. The Morgan fingerprint density at radius 1 is 1.17 bits per heavy atom. The summed E-state index contributed by atoms with van der Waals surface area (Å²) in [6.45, 7) is 8.02. The van der Waals surface area contributed by atoms with Gasteiger partial charge in [0.2, 0.25) is 0 Å². The van der Waals surface area contributed by atoms with Crippen LogP contribution in [-0.2, 0) is 6.54 Å². The lowest BCUT2D eigenvalue weighted by molar-refractivity contribution is 0.223. The minimum Gasteiger partial charge on any atom is -0.497 e. The Labute approximate surface area is 194 Å². The number of guanidine groups is 1. The van der Waals surface area contributed by atoms with E-state index in [4.69, 9.17) is 9.47 Å². The Bertz CT molecular complexity index is 973. The minimum atomic E-state index is -0.0381. The van der Waals surface area contributed by atoms with E-state index in [1.807, 2.05) is 56.4 Å². The number of rotatable bonds is 8. The van der Waals surface area contributed by atoms with Crippen LogP contribution in [0.2, 0.25) is 0 Å². The van der Waals surface area contributed by atoms with Gasteiger partial charge in [-0.05, 0) is 45.0 Å². The maximum absolute atomic E-state index is 5.96. The van der Waals surface area contributed by atoms with Crippen molar-refractivity contribution in [1.82, 2.24) is 20.0 Å². The van der Waals surface area contributed by atoms with E-state index in [0.29, 0.717) is 13.1 Å². The van der Waals surface area contributed by atoms with Gasteiger partial charge in [-0.2, -0.15) is 0 Å². The molecule has 1 unspecified atom stereocenters. The number of aliphatic imine (C=N–C) groups is 1. The van der Waals surface area contributed by atoms with Crippen LogP contribution in [0, 0.1) is 6.92 Å². The molecule has 0 saturated carbocycles. The zero-order valence-corrected chi connectivity index (χ0v) is 20.2. The molecule has 30 heavy (non-hydrogen) atoms. The van der Waals surface area contributed by atoms with Gasteiger partial charge in [0.15, 0.2) is 5.96 Å². The molecule has 0 aliphatic heterocycles. The first-order chi connectivity index (χ1) is 14.1. The molecule has 0 radical (unpaired) electrons. The molecular weight excluding hydrogens is 493 g/mol. The number of halogens is 1. The summed E-state index contributed by atoms with van der Waals surface area (Å²) < 4.78 is 13.3. The second-order valence-electron chi connectivity index (χ2n) is 6.81. The van der Waals surface area contributed by atoms with E-state index in [1.54, 1.807) is 7.11 Å². The fraction of sp³-hybridized carbons (Fsp3) is 0.364. The number of aromatic nitrogens is 2. The van der Waals surface area contributed by atoms with Crippen LogP contribution < -0.4 is 20.1 Å². The zero-order valence-electron chi connectivity index (χ0n) is 17.9. The Morgan fingerprint density at radius 2 is 1.93 bits per heavy atom. The largest absolute Gasteiger partial charge is 0.497 e. The van der Waals surface area contributed by atoms with E-state index in [1.165, 1.54) is 0 Å². The molecule has 2 aromatic heterocycles. The summed E-state index contributed by atoms with van der Waals surface area (Å²) in [5.41, 5.74) is 3.02. The lowest BCUT2D eigenvalue weighted by Crippen LogP contribution is -2.41. The number of fused-ring (bicyclic) bond motifs is 1. The van der Waals surface area contributed by atoms with E-state index in [9.17, 15) is 0 Å². The predicted molar refractivity (Wildman–Crippen MR) is 131 cm³/mol. The van der Waals surface area contributed by atoms with Gasteiger partial charge in [-0.3, -0.25) is 0 Å². The predicted octanol–water partition coefficient (Wildman–Crippen LogP) is 3.79. The summed E-state index contributed by atoms with van der Waals surface area (Å²) >= 11 is 0. The Hall–Kier alpha value is -2.49. The van der Waals surface area contributed by atoms with Gasteiger partial charge in [0.25, 0.3) is 0 Å². The lowest BCUT2D eigenvalue weighted by atomic mass is 10.3. The number of imidazole rings is 1. The van der Waals surface area contributed by atoms with Crippen molar-refractivity contribution in [2.45, 2.75) is 33.4 Å². The maximum atomic E-state index is 5.96. The van der Waals surface area contributed by atoms with Gasteiger partial charge in [-0.15, -0.1) is 24.0 Å². The van der Waals surface area contributed by atoms with Gasteiger partial charge in [0.05, 0.1) is 25.9 Å². The molecule has 2 heterocycles. The van der Waals surface area contributed by atoms with Gasteiger partial charge < -0.3 is 24.5 Å². The number of benzene rings is 1. The third kappa shape index (κ3) is 6.51. The first-order valence-electron chi connectivity index (χ1n) is 9.85. The third-order valence-corrected chi connectivity index (χ3v) is 4.42. The number of pyridine rings is 1. The van der Waals surface area contributed by atoms with Gasteiger partial charge in [0.1, 0.15) is 23.3 Å². The van der Waals surface area contributed by atoms with Crippen molar-refractivity contribution >= 4 is 35.6 Å². The number of hydrogen-bond donors (Lipinski definition) is 2. The molecule has 3 rings (SSSR count). The lowest BCUT2D eigenvalue weighted by Gasteiger charge is -2.18. The highest BCUT2D eigenvalue weighted by Gasteiger charge is 2.08. The summed E-state index contributed by atoms with van der Waals surface area (Å²) in [6, 6.07) is 13.7. The van der Waals surface area contributed by atoms with Crippen LogP contribution in [0.3, 0.4) is 0 Å². The standard InChI is InChI=1S/C22H29N5O2.HI/c1-5-23-22(24-13-17(3)29-20-10-7-9-19(12-20)28-4)25-14-18-15-27-16(2)8-6-11-21(27)26-18;/h6-12,15,17H,5,13-14H2,1-4H3,(H2,23,24,25);1H. The summed E-state index contributed by atoms with van der Waals surface area (Å²) in [5, 5.41) is 6.60. The van der Waals surface area contributed by atoms with Crippen LogP contribution >= 0.6 is 24.0 Å². The number of aryl methyl sites for hydroxylation is 1. The quantitative estimate of drug-likeness (QED) is 0.267. The highest BCUT2D eigenvalue weighted by molar-refractivity contribution is 14.0. The van der Waals surface area contributed by atoms with Crippen LogP contribution in [0.1, 0.15) is 25.2 Å². The molecular formula is C22H30IN5O2. The molecule has 8 heteroatoms. The number of methoxy groups -OCH3 is 1. The molecule has 1 aromatic carbocycles. The summed E-state index contributed by atoms with van der Waals surface area (Å²) in [4.78, 5) is 9.29. The van der Waals surface area contributed by atoms with E-state index in [2.05, 4.69) is 38.0 Å². The van der Waals surface area contributed by atoms with Crippen molar-refractivity contribution in [3.8, 4) is 11.5 Å². The van der Waals surface area contributed by atoms with Crippen LogP contribution in [0.4, 0.5) is 0 Å². The molecule has 0 saturated heterocycles. The molecule has 162 valence electrons. The van der Waals surface area contributed by atoms with Crippen LogP contribution in [0.25, 0.3) is 5.65 Å². The number of nitrogens with zero attached hydrogens (tertiary/aromatic N) is 3. The maximum Gasteiger partial charge on any atom is 0.191 e. The summed E-state index contributed by atoms with van der Waals surface area (Å²) in [5.74, 6) is 2.29. The average Bonchev–Trinajstić information content (AvgIpc) is 3.15. The van der Waals surface area contributed by atoms with Crippen LogP contribution in [-0.4, -0.2) is 41.6 Å². The first-order valence-corrected chi connectivity index (χ1v) is 9.85. The topological polar surface area (TPSA) is 72.2 Å². The average molecular weight is 523 g/mol. The summed E-state index contributed by atoms with van der Waals surface area (Å²) in [6.07, 6.45) is 2.00. The van der Waals surface area contributed by atoms with E-state index >= 15 is 0 Å². The highest BCUT2D eigenvalue weighted by atomic mass is 127. The van der Waals surface area contributed by atoms with Crippen molar-refractivity contribution < 1.29 is 9.47 Å². The molecule has 0 bridgehead atoms. The van der Waals surface area contributed by atoms with Gasteiger partial charge in [0, 0.05) is 24.5 Å². The summed E-state index contributed by atoms with van der Waals surface area (Å²) in [7, 11) is 1.65. The van der Waals surface area contributed by atoms with E-state index in [-0.39, 0.29) is 30.1 Å². The molecule has 7 nitrogen and oxygen atoms in total. The van der Waals surface area contributed by atoms with Gasteiger partial charge in [-0.25, -0.2) is 9.98 Å². The fourth-order valence-corrected chi connectivity index (χ4v) is 2.97. The smallest absolute Gasteiger partial charge is 0.191 e. The second-order valence-corrected chi connectivity index (χ2v) is 6.81. The van der Waals surface area contributed by atoms with Crippen molar-refractivity contribution in [1.29, 1.82) is 0 Å². The fourth-order valence-electron chi connectivity index (χ4n) is 2.97. The van der Waals surface area contributed by atoms with Crippen molar-refractivity contribution in [3.05, 3.63) is 60.0 Å². The van der Waals surface area contributed by atoms with Crippen molar-refractivity contribution in [3.63, 3.8) is 0 Å². The van der Waals surface area contributed by atoms with Crippen molar-refractivity contribution in [2.24, 2.45) is 4.99 Å². The SMILES string of the molecule is CCNC(=NCc1cn2c(C)cccc2n1)NCC(C)Oc1cccc(OC)c1.I. The number of nitrogens with one attached hydrogen (secondary N) is 2.